The van der Waals surface area contributed by atoms with Crippen molar-refractivity contribution in [3.8, 4) is 30.1 Å². The summed E-state index contributed by atoms with van der Waals surface area (Å²) in [6.07, 6.45) is 15.4. The normalized spacial score (nSPS) is 14.5. The smallest absolute Gasteiger partial charge is 0.120 e. The maximum Gasteiger partial charge on any atom is 0.120 e. The maximum atomic E-state index is 9.19. The van der Waals surface area contributed by atoms with Crippen LogP contribution in [0.4, 0.5) is 5.69 Å². The molecule has 0 saturated carbocycles. The highest BCUT2D eigenvalue weighted by Gasteiger charge is 2.14. The van der Waals surface area contributed by atoms with Crippen molar-refractivity contribution in [2.45, 2.75) is 58.1 Å². The Morgan fingerprint density at radius 2 is 1.61 bits per heavy atom. The summed E-state index contributed by atoms with van der Waals surface area (Å²) in [6, 6.07) is 22.5. The number of fused-ring (bicyclic) bond motifs is 1. The van der Waals surface area contributed by atoms with Crippen LogP contribution in [0.3, 0.4) is 0 Å². The first kappa shape index (κ1) is 28.9. The van der Waals surface area contributed by atoms with Gasteiger partial charge in [-0.25, -0.2) is 0 Å². The lowest BCUT2D eigenvalue weighted by Crippen LogP contribution is -2.34. The molecule has 0 aromatic heterocycles. The lowest BCUT2D eigenvalue weighted by molar-refractivity contribution is 0.162. The molecule has 3 aromatic rings. The van der Waals surface area contributed by atoms with Gasteiger partial charge in [0.05, 0.1) is 7.11 Å². The van der Waals surface area contributed by atoms with Crippen molar-refractivity contribution in [1.29, 1.82) is 0 Å². The van der Waals surface area contributed by atoms with E-state index in [0.717, 1.165) is 56.9 Å². The number of benzene rings is 3. The van der Waals surface area contributed by atoms with Crippen LogP contribution < -0.4 is 19.7 Å². The fraction of sp³-hybridized carbons (Fsp3) is 0.394. The number of phenols is 1. The quantitative estimate of drug-likeness (QED) is 0.359. The molecule has 3 aromatic carbocycles. The Hall–Kier alpha value is -3.62. The lowest BCUT2D eigenvalue weighted by Gasteiger charge is -2.25. The van der Waals surface area contributed by atoms with Crippen molar-refractivity contribution in [3.05, 3.63) is 83.4 Å². The summed E-state index contributed by atoms with van der Waals surface area (Å²) in [5.41, 5.74) is 5.23. The van der Waals surface area contributed by atoms with E-state index in [4.69, 9.17) is 9.47 Å². The van der Waals surface area contributed by atoms with Gasteiger partial charge in [-0.3, -0.25) is 0 Å². The summed E-state index contributed by atoms with van der Waals surface area (Å²) in [4.78, 5) is 2.34. The molecule has 1 saturated heterocycles. The summed E-state index contributed by atoms with van der Waals surface area (Å²) in [5.74, 6) is 2.27. The number of ether oxygens (including phenoxy) is 2. The van der Waals surface area contributed by atoms with Gasteiger partial charge >= 0.3 is 0 Å². The molecule has 1 fully saturated rings. The SMILES string of the molecule is C#C.CCN(Cc1ccc(OC2CCNCC2)cc1)c1cccc(OC)c1.Oc1ccc2c(c1)CCCC2. The van der Waals surface area contributed by atoms with E-state index < -0.39 is 0 Å². The van der Waals surface area contributed by atoms with E-state index >= 15 is 0 Å². The molecule has 1 aliphatic carbocycles. The second kappa shape index (κ2) is 15.6. The van der Waals surface area contributed by atoms with Crippen molar-refractivity contribution in [2.24, 2.45) is 0 Å². The first-order valence-corrected chi connectivity index (χ1v) is 13.6. The molecule has 0 spiro atoms. The van der Waals surface area contributed by atoms with Gasteiger partial charge in [-0.15, -0.1) is 12.8 Å². The molecule has 0 amide bonds. The Morgan fingerprint density at radius 3 is 2.29 bits per heavy atom. The second-order valence-corrected chi connectivity index (χ2v) is 9.59. The van der Waals surface area contributed by atoms with Crippen molar-refractivity contribution in [1.82, 2.24) is 5.32 Å². The number of nitrogens with zero attached hydrogens (tertiary/aromatic N) is 1. The van der Waals surface area contributed by atoms with Crippen LogP contribution in [0.25, 0.3) is 0 Å². The zero-order chi connectivity index (χ0) is 27.2. The van der Waals surface area contributed by atoms with E-state index in [2.05, 4.69) is 66.4 Å². The Bertz CT molecular complexity index is 1120. The third-order valence-electron chi connectivity index (χ3n) is 7.02. The van der Waals surface area contributed by atoms with Crippen LogP contribution in [0, 0.1) is 12.8 Å². The van der Waals surface area contributed by atoms with Crippen LogP contribution in [-0.2, 0) is 19.4 Å². The molecule has 5 heteroatoms. The Morgan fingerprint density at radius 1 is 0.895 bits per heavy atom. The number of nitrogens with one attached hydrogen (secondary N) is 1. The summed E-state index contributed by atoms with van der Waals surface area (Å²) in [5, 5.41) is 12.6. The number of aromatic hydroxyl groups is 1. The number of anilines is 1. The van der Waals surface area contributed by atoms with Crippen LogP contribution in [-0.4, -0.2) is 38.0 Å². The van der Waals surface area contributed by atoms with E-state index in [0.29, 0.717) is 11.9 Å². The molecule has 5 nitrogen and oxygen atoms in total. The molecule has 2 N–H and O–H groups in total. The molecule has 0 unspecified atom stereocenters. The number of piperidine rings is 1. The van der Waals surface area contributed by atoms with E-state index in [1.54, 1.807) is 13.2 Å². The monoisotopic (exact) mass is 514 g/mol. The second-order valence-electron chi connectivity index (χ2n) is 9.59. The third-order valence-corrected chi connectivity index (χ3v) is 7.02. The first-order chi connectivity index (χ1) is 18.6. The van der Waals surface area contributed by atoms with Gasteiger partial charge < -0.3 is 24.8 Å². The molecule has 0 atom stereocenters. The minimum Gasteiger partial charge on any atom is -0.508 e. The molecule has 38 heavy (non-hydrogen) atoms. The third kappa shape index (κ3) is 8.75. The van der Waals surface area contributed by atoms with E-state index in [1.165, 1.54) is 41.6 Å². The van der Waals surface area contributed by atoms with Crippen molar-refractivity contribution in [2.75, 3.05) is 31.6 Å². The molecule has 0 bridgehead atoms. The summed E-state index contributed by atoms with van der Waals surface area (Å²) >= 11 is 0. The van der Waals surface area contributed by atoms with Crippen LogP contribution in [0.1, 0.15) is 49.3 Å². The van der Waals surface area contributed by atoms with E-state index in [-0.39, 0.29) is 0 Å². The Labute approximate surface area is 228 Å². The zero-order valence-corrected chi connectivity index (χ0v) is 22.9. The minimum absolute atomic E-state index is 0.344. The molecule has 2 aliphatic rings. The van der Waals surface area contributed by atoms with Crippen LogP contribution in [0.2, 0.25) is 0 Å². The van der Waals surface area contributed by atoms with Gasteiger partial charge in [0.25, 0.3) is 0 Å². The fourth-order valence-electron chi connectivity index (χ4n) is 4.91. The number of terminal acetylenes is 1. The highest BCUT2D eigenvalue weighted by atomic mass is 16.5. The van der Waals surface area contributed by atoms with Crippen LogP contribution >= 0.6 is 0 Å². The Balaban J connectivity index is 0.000000255. The van der Waals surface area contributed by atoms with Gasteiger partial charge in [0.2, 0.25) is 0 Å². The fourth-order valence-corrected chi connectivity index (χ4v) is 4.91. The number of aryl methyl sites for hydroxylation is 2. The molecular weight excluding hydrogens is 472 g/mol. The van der Waals surface area contributed by atoms with Crippen LogP contribution in [0.5, 0.6) is 17.2 Å². The van der Waals surface area contributed by atoms with Crippen molar-refractivity contribution >= 4 is 5.69 Å². The number of hydrogen-bond donors (Lipinski definition) is 2. The number of rotatable bonds is 7. The predicted molar refractivity (Wildman–Crippen MR) is 157 cm³/mol. The molecule has 202 valence electrons. The number of methoxy groups -OCH3 is 1. The van der Waals surface area contributed by atoms with E-state index in [9.17, 15) is 5.11 Å². The molecule has 1 aliphatic heterocycles. The highest BCUT2D eigenvalue weighted by Crippen LogP contribution is 2.25. The largest absolute Gasteiger partial charge is 0.508 e. The average molecular weight is 515 g/mol. The highest BCUT2D eigenvalue weighted by molar-refractivity contribution is 5.51. The van der Waals surface area contributed by atoms with Gasteiger partial charge in [0.1, 0.15) is 23.4 Å². The van der Waals surface area contributed by atoms with Gasteiger partial charge in [-0.1, -0.05) is 24.3 Å². The van der Waals surface area contributed by atoms with Crippen molar-refractivity contribution in [3.63, 3.8) is 0 Å². The summed E-state index contributed by atoms with van der Waals surface area (Å²) < 4.78 is 11.4. The Kier molecular flexibility index (Phi) is 11.9. The van der Waals surface area contributed by atoms with E-state index in [1.807, 2.05) is 24.3 Å². The maximum absolute atomic E-state index is 9.19. The van der Waals surface area contributed by atoms with Gasteiger partial charge in [-0.2, -0.15) is 0 Å². The molecule has 0 radical (unpaired) electrons. The van der Waals surface area contributed by atoms with Crippen molar-refractivity contribution < 1.29 is 14.6 Å². The molecule has 1 heterocycles. The minimum atomic E-state index is 0.344. The summed E-state index contributed by atoms with van der Waals surface area (Å²) in [7, 11) is 1.70. The topological polar surface area (TPSA) is 54.0 Å². The average Bonchev–Trinajstić information content (AvgIpc) is 2.98. The van der Waals surface area contributed by atoms with Gasteiger partial charge in [0.15, 0.2) is 0 Å². The van der Waals surface area contributed by atoms with Crippen LogP contribution in [0.15, 0.2) is 66.7 Å². The first-order valence-electron chi connectivity index (χ1n) is 13.6. The number of phenolic OH excluding ortho intramolecular Hbond substituents is 1. The van der Waals surface area contributed by atoms with Gasteiger partial charge in [-0.05, 0) is 112 Å². The zero-order valence-electron chi connectivity index (χ0n) is 22.9. The molecular formula is C33H42N2O3. The molecule has 5 rings (SSSR count). The summed E-state index contributed by atoms with van der Waals surface area (Å²) in [6.45, 7) is 6.09. The lowest BCUT2D eigenvalue weighted by atomic mass is 9.92. The number of hydrogen-bond acceptors (Lipinski definition) is 5. The van der Waals surface area contributed by atoms with Gasteiger partial charge in [0, 0.05) is 24.8 Å². The standard InChI is InChI=1S/C21H28N2O2.C10H12O.C2H2/c1-3-23(18-5-4-6-21(15-18)24-2)16-17-7-9-19(10-8-17)25-20-11-13-22-14-12-20;11-10-6-5-8-3-1-2-4-9(8)7-10;1-2/h4-10,15,20,22H,3,11-14,16H2,1-2H3;5-7,11H,1-4H2;1-2H. The predicted octanol–water partition coefficient (Wildman–Crippen LogP) is 6.37.